The minimum Gasteiger partial charge on any atom is -0.308 e. The summed E-state index contributed by atoms with van der Waals surface area (Å²) in [6.07, 6.45) is 1.75. The van der Waals surface area contributed by atoms with Gasteiger partial charge in [-0.1, -0.05) is 78.5 Å². The number of pyridine rings is 1. The van der Waals surface area contributed by atoms with E-state index in [1.165, 1.54) is 26.7 Å². The van der Waals surface area contributed by atoms with Gasteiger partial charge in [-0.15, -0.1) is 0 Å². The Balaban J connectivity index is 1.45. The van der Waals surface area contributed by atoms with Crippen LogP contribution in [0.3, 0.4) is 0 Å². The van der Waals surface area contributed by atoms with Gasteiger partial charge in [-0.2, -0.15) is 5.26 Å². The Morgan fingerprint density at radius 2 is 1.15 bits per heavy atom. The highest BCUT2D eigenvalue weighted by Crippen LogP contribution is 2.52. The molecule has 0 unspecified atom stereocenters. The molecule has 1 aliphatic heterocycles. The molecule has 0 aliphatic carbocycles. The molecule has 0 saturated carbocycles. The van der Waals surface area contributed by atoms with Crippen molar-refractivity contribution in [2.75, 3.05) is 4.90 Å². The number of anilines is 3. The first-order valence-corrected chi connectivity index (χ1v) is 11.9. The molecular formula is C30H19N3S. The van der Waals surface area contributed by atoms with Gasteiger partial charge in [0.05, 0.1) is 17.1 Å². The molecule has 0 spiro atoms. The summed E-state index contributed by atoms with van der Waals surface area (Å²) in [5.74, 6) is 0. The first kappa shape index (κ1) is 20.3. The average Bonchev–Trinajstić information content (AvgIpc) is 2.92. The summed E-state index contributed by atoms with van der Waals surface area (Å²) in [6, 6.07) is 40.0. The SMILES string of the molecule is N#Cc1ccc(-c2ccc(-c3ccccc3N3c4ccccc4Sc4ccccc43)cc2)cn1. The monoisotopic (exact) mass is 453 g/mol. The lowest BCUT2D eigenvalue weighted by Gasteiger charge is -2.34. The molecule has 3 nitrogen and oxygen atoms in total. The van der Waals surface area contributed by atoms with Crippen LogP contribution in [0.5, 0.6) is 0 Å². The van der Waals surface area contributed by atoms with E-state index >= 15 is 0 Å². The van der Waals surface area contributed by atoms with Crippen LogP contribution in [0.2, 0.25) is 0 Å². The molecule has 160 valence electrons. The third-order valence-electron chi connectivity index (χ3n) is 5.98. The van der Waals surface area contributed by atoms with E-state index < -0.39 is 0 Å². The third-order valence-corrected chi connectivity index (χ3v) is 7.11. The number of nitrogens with zero attached hydrogens (tertiary/aromatic N) is 3. The second kappa shape index (κ2) is 8.55. The van der Waals surface area contributed by atoms with Crippen molar-refractivity contribution >= 4 is 28.8 Å². The van der Waals surface area contributed by atoms with Crippen LogP contribution in [-0.2, 0) is 0 Å². The van der Waals surface area contributed by atoms with E-state index in [1.54, 1.807) is 12.3 Å². The zero-order valence-electron chi connectivity index (χ0n) is 18.2. The summed E-state index contributed by atoms with van der Waals surface area (Å²) in [5.41, 5.74) is 8.35. The van der Waals surface area contributed by atoms with Crippen molar-refractivity contribution in [1.82, 2.24) is 4.98 Å². The predicted molar refractivity (Wildman–Crippen MR) is 139 cm³/mol. The van der Waals surface area contributed by atoms with Crippen molar-refractivity contribution in [2.45, 2.75) is 9.79 Å². The molecular weight excluding hydrogens is 434 g/mol. The van der Waals surface area contributed by atoms with Crippen LogP contribution in [0.25, 0.3) is 22.3 Å². The Morgan fingerprint density at radius 1 is 0.588 bits per heavy atom. The van der Waals surface area contributed by atoms with Gasteiger partial charge in [0.2, 0.25) is 0 Å². The predicted octanol–water partition coefficient (Wildman–Crippen LogP) is 8.22. The number of nitriles is 1. The van der Waals surface area contributed by atoms with Gasteiger partial charge in [0.15, 0.2) is 0 Å². The zero-order chi connectivity index (χ0) is 22.9. The van der Waals surface area contributed by atoms with Crippen molar-refractivity contribution in [3.63, 3.8) is 0 Å². The van der Waals surface area contributed by atoms with E-state index in [9.17, 15) is 0 Å². The van der Waals surface area contributed by atoms with Gasteiger partial charge >= 0.3 is 0 Å². The topological polar surface area (TPSA) is 39.9 Å². The Morgan fingerprint density at radius 3 is 1.76 bits per heavy atom. The Labute approximate surface area is 203 Å². The molecule has 0 radical (unpaired) electrons. The van der Waals surface area contributed by atoms with Gasteiger partial charge in [0.1, 0.15) is 11.8 Å². The summed E-state index contributed by atoms with van der Waals surface area (Å²) >= 11 is 1.82. The standard InChI is InChI=1S/C30H19N3S/c31-19-24-18-17-23(20-32-24)21-13-15-22(16-14-21)25-7-1-2-8-26(25)33-27-9-3-5-11-29(27)34-30-12-6-4-10-28(30)33/h1-18,20H. The number of rotatable bonds is 3. The molecule has 0 atom stereocenters. The number of aromatic nitrogens is 1. The quantitative estimate of drug-likeness (QED) is 0.271. The van der Waals surface area contributed by atoms with E-state index in [4.69, 9.17) is 5.26 Å². The van der Waals surface area contributed by atoms with E-state index in [-0.39, 0.29) is 0 Å². The summed E-state index contributed by atoms with van der Waals surface area (Å²) in [4.78, 5) is 9.07. The smallest absolute Gasteiger partial charge is 0.140 e. The Hall–Kier alpha value is -4.33. The summed E-state index contributed by atoms with van der Waals surface area (Å²) < 4.78 is 0. The first-order valence-electron chi connectivity index (χ1n) is 11.0. The normalized spacial score (nSPS) is 11.9. The van der Waals surface area contributed by atoms with Crippen LogP contribution in [0, 0.1) is 11.3 Å². The van der Waals surface area contributed by atoms with Crippen LogP contribution >= 0.6 is 11.8 Å². The average molecular weight is 454 g/mol. The molecule has 2 heterocycles. The highest BCUT2D eigenvalue weighted by molar-refractivity contribution is 7.99. The zero-order valence-corrected chi connectivity index (χ0v) is 19.0. The van der Waals surface area contributed by atoms with E-state index in [0.717, 1.165) is 22.4 Å². The van der Waals surface area contributed by atoms with Gasteiger partial charge in [-0.3, -0.25) is 0 Å². The molecule has 1 aromatic heterocycles. The lowest BCUT2D eigenvalue weighted by Crippen LogP contribution is -2.15. The fourth-order valence-electron chi connectivity index (χ4n) is 4.35. The maximum absolute atomic E-state index is 9.00. The van der Waals surface area contributed by atoms with Crippen LogP contribution in [0.4, 0.5) is 17.1 Å². The summed E-state index contributed by atoms with van der Waals surface area (Å²) in [7, 11) is 0. The second-order valence-corrected chi connectivity index (χ2v) is 9.10. The fraction of sp³-hybridized carbons (Fsp3) is 0. The molecule has 6 rings (SSSR count). The molecule has 0 saturated heterocycles. The maximum Gasteiger partial charge on any atom is 0.140 e. The lowest BCUT2D eigenvalue weighted by atomic mass is 9.98. The molecule has 4 aromatic carbocycles. The first-order chi connectivity index (χ1) is 16.8. The van der Waals surface area contributed by atoms with Gasteiger partial charge in [-0.25, -0.2) is 4.98 Å². The van der Waals surface area contributed by atoms with Gasteiger partial charge in [0.25, 0.3) is 0 Å². The number of para-hydroxylation sites is 3. The second-order valence-electron chi connectivity index (χ2n) is 8.01. The van der Waals surface area contributed by atoms with Crippen LogP contribution in [-0.4, -0.2) is 4.98 Å². The minimum absolute atomic E-state index is 0.426. The van der Waals surface area contributed by atoms with Crippen LogP contribution < -0.4 is 4.90 Å². The van der Waals surface area contributed by atoms with Crippen molar-refractivity contribution in [1.29, 1.82) is 5.26 Å². The van der Waals surface area contributed by atoms with E-state index in [0.29, 0.717) is 5.69 Å². The van der Waals surface area contributed by atoms with Crippen molar-refractivity contribution in [3.8, 4) is 28.3 Å². The Kier molecular flexibility index (Phi) is 5.10. The summed E-state index contributed by atoms with van der Waals surface area (Å²) in [5, 5.41) is 9.00. The van der Waals surface area contributed by atoms with Crippen molar-refractivity contribution < 1.29 is 0 Å². The van der Waals surface area contributed by atoms with E-state index in [2.05, 4.69) is 113 Å². The Bertz CT molecular complexity index is 1490. The van der Waals surface area contributed by atoms with Gasteiger partial charge in [-0.05, 0) is 53.6 Å². The highest BCUT2D eigenvalue weighted by Gasteiger charge is 2.25. The van der Waals surface area contributed by atoms with E-state index in [1.807, 2.05) is 17.8 Å². The molecule has 0 N–H and O–H groups in total. The van der Waals surface area contributed by atoms with Gasteiger partial charge < -0.3 is 4.90 Å². The maximum atomic E-state index is 9.00. The number of fused-ring (bicyclic) bond motifs is 2. The fourth-order valence-corrected chi connectivity index (χ4v) is 5.41. The number of hydrogen-bond acceptors (Lipinski definition) is 4. The van der Waals surface area contributed by atoms with Gasteiger partial charge in [0, 0.05) is 27.1 Å². The largest absolute Gasteiger partial charge is 0.308 e. The number of hydrogen-bond donors (Lipinski definition) is 0. The molecule has 34 heavy (non-hydrogen) atoms. The van der Waals surface area contributed by atoms with Crippen molar-refractivity contribution in [3.05, 3.63) is 121 Å². The molecule has 0 amide bonds. The molecule has 0 bridgehead atoms. The van der Waals surface area contributed by atoms with Crippen LogP contribution in [0.1, 0.15) is 5.69 Å². The molecule has 1 aliphatic rings. The summed E-state index contributed by atoms with van der Waals surface area (Å²) in [6.45, 7) is 0. The third kappa shape index (κ3) is 3.53. The lowest BCUT2D eigenvalue weighted by molar-refractivity contribution is 1.17. The van der Waals surface area contributed by atoms with Crippen LogP contribution in [0.15, 0.2) is 125 Å². The molecule has 4 heteroatoms. The molecule has 0 fully saturated rings. The minimum atomic E-state index is 0.426. The van der Waals surface area contributed by atoms with Crippen molar-refractivity contribution in [2.24, 2.45) is 0 Å². The number of benzene rings is 4. The molecule has 5 aromatic rings. The highest BCUT2D eigenvalue weighted by atomic mass is 32.2.